The summed E-state index contributed by atoms with van der Waals surface area (Å²) in [7, 11) is 0. The Hall–Kier alpha value is -0.770. The van der Waals surface area contributed by atoms with Crippen LogP contribution in [0.15, 0.2) is 18.2 Å². The zero-order valence-electron chi connectivity index (χ0n) is 9.62. The molecular weight excluding hydrogens is 287 g/mol. The van der Waals surface area contributed by atoms with Gasteiger partial charge in [-0.15, -0.1) is 11.3 Å². The fourth-order valence-corrected chi connectivity index (χ4v) is 3.98. The highest BCUT2D eigenvalue weighted by atomic mass is 35.5. The number of thiazole rings is 1. The fourth-order valence-electron chi connectivity index (χ4n) is 2.52. The molecule has 1 aromatic carbocycles. The quantitative estimate of drug-likeness (QED) is 0.842. The van der Waals surface area contributed by atoms with Crippen LogP contribution in [-0.2, 0) is 6.42 Å². The summed E-state index contributed by atoms with van der Waals surface area (Å²) in [6, 6.07) is 5.63. The number of benzene rings is 1. The SMILES string of the molecule is Nc1nc2c(s1)C(c1cc(Cl)ccc1Cl)CCC2. The maximum Gasteiger partial charge on any atom is 0.180 e. The lowest BCUT2D eigenvalue weighted by Gasteiger charge is -2.22. The standard InChI is InChI=1S/C13H12Cl2N2S/c14-7-4-5-10(15)9(6-7)8-2-1-3-11-12(8)18-13(16)17-11/h4-6,8H,1-3H2,(H2,16,17). The maximum absolute atomic E-state index is 6.30. The number of anilines is 1. The van der Waals surface area contributed by atoms with Crippen LogP contribution in [0.1, 0.15) is 34.9 Å². The van der Waals surface area contributed by atoms with Gasteiger partial charge in [-0.1, -0.05) is 23.2 Å². The summed E-state index contributed by atoms with van der Waals surface area (Å²) in [6.07, 6.45) is 3.20. The fraction of sp³-hybridized carbons (Fsp3) is 0.308. The minimum atomic E-state index is 0.287. The molecule has 3 rings (SSSR count). The van der Waals surface area contributed by atoms with Crippen LogP contribution in [0.4, 0.5) is 5.13 Å². The summed E-state index contributed by atoms with van der Waals surface area (Å²) < 4.78 is 0. The van der Waals surface area contributed by atoms with E-state index in [2.05, 4.69) is 4.98 Å². The molecule has 2 aromatic rings. The third-order valence-electron chi connectivity index (χ3n) is 3.30. The number of nitrogen functional groups attached to an aromatic ring is 1. The van der Waals surface area contributed by atoms with Gasteiger partial charge in [0.15, 0.2) is 5.13 Å². The van der Waals surface area contributed by atoms with Gasteiger partial charge in [0, 0.05) is 20.8 Å². The van der Waals surface area contributed by atoms with Gasteiger partial charge in [-0.2, -0.15) is 0 Å². The molecule has 1 heterocycles. The number of rotatable bonds is 1. The third-order valence-corrected chi connectivity index (χ3v) is 4.92. The molecule has 0 saturated carbocycles. The minimum Gasteiger partial charge on any atom is -0.375 e. The van der Waals surface area contributed by atoms with Crippen LogP contribution in [0.5, 0.6) is 0 Å². The Bertz CT molecular complexity index is 595. The second-order valence-electron chi connectivity index (χ2n) is 4.47. The van der Waals surface area contributed by atoms with Crippen LogP contribution in [0.2, 0.25) is 10.0 Å². The van der Waals surface area contributed by atoms with Crippen LogP contribution < -0.4 is 5.73 Å². The van der Waals surface area contributed by atoms with Crippen molar-refractivity contribution >= 4 is 39.7 Å². The summed E-state index contributed by atoms with van der Waals surface area (Å²) in [5, 5.41) is 2.13. The molecule has 5 heteroatoms. The maximum atomic E-state index is 6.30. The zero-order valence-corrected chi connectivity index (χ0v) is 11.9. The van der Waals surface area contributed by atoms with Gasteiger partial charge in [0.25, 0.3) is 0 Å². The molecule has 0 amide bonds. The minimum absolute atomic E-state index is 0.287. The number of fused-ring (bicyclic) bond motifs is 1. The molecule has 0 saturated heterocycles. The van der Waals surface area contributed by atoms with Crippen molar-refractivity contribution in [2.45, 2.75) is 25.2 Å². The molecule has 94 valence electrons. The van der Waals surface area contributed by atoms with Gasteiger partial charge in [-0.3, -0.25) is 0 Å². The molecule has 1 aromatic heterocycles. The number of aromatic nitrogens is 1. The van der Waals surface area contributed by atoms with Crippen molar-refractivity contribution in [2.24, 2.45) is 0 Å². The van der Waals surface area contributed by atoms with Crippen molar-refractivity contribution in [3.05, 3.63) is 44.4 Å². The third kappa shape index (κ3) is 2.11. The number of hydrogen-bond donors (Lipinski definition) is 1. The van der Waals surface area contributed by atoms with Gasteiger partial charge in [0.1, 0.15) is 0 Å². The van der Waals surface area contributed by atoms with Crippen molar-refractivity contribution in [1.29, 1.82) is 0 Å². The molecule has 2 nitrogen and oxygen atoms in total. The molecular formula is C13H12Cl2N2S. The van der Waals surface area contributed by atoms with E-state index >= 15 is 0 Å². The molecule has 0 radical (unpaired) electrons. The Labute approximate surface area is 120 Å². The highest BCUT2D eigenvalue weighted by molar-refractivity contribution is 7.15. The monoisotopic (exact) mass is 298 g/mol. The average Bonchev–Trinajstić information content (AvgIpc) is 2.72. The Balaban J connectivity index is 2.10. The molecule has 1 aliphatic carbocycles. The molecule has 0 aliphatic heterocycles. The van der Waals surface area contributed by atoms with Crippen molar-refractivity contribution in [2.75, 3.05) is 5.73 Å². The molecule has 0 spiro atoms. The van der Waals surface area contributed by atoms with E-state index in [1.165, 1.54) is 4.88 Å². The summed E-state index contributed by atoms with van der Waals surface area (Å²) in [6.45, 7) is 0. The average molecular weight is 299 g/mol. The molecule has 0 bridgehead atoms. The number of hydrogen-bond acceptors (Lipinski definition) is 3. The van der Waals surface area contributed by atoms with E-state index in [0.29, 0.717) is 5.13 Å². The van der Waals surface area contributed by atoms with Gasteiger partial charge in [0.05, 0.1) is 5.69 Å². The number of nitrogens with two attached hydrogens (primary N) is 1. The van der Waals surface area contributed by atoms with Crippen molar-refractivity contribution in [3.8, 4) is 0 Å². The molecule has 0 fully saturated rings. The van der Waals surface area contributed by atoms with E-state index in [0.717, 1.165) is 40.6 Å². The van der Waals surface area contributed by atoms with Gasteiger partial charge < -0.3 is 5.73 Å². The second-order valence-corrected chi connectivity index (χ2v) is 6.38. The van der Waals surface area contributed by atoms with E-state index in [1.807, 2.05) is 18.2 Å². The topological polar surface area (TPSA) is 38.9 Å². The van der Waals surface area contributed by atoms with Crippen LogP contribution in [-0.4, -0.2) is 4.98 Å². The highest BCUT2D eigenvalue weighted by Crippen LogP contribution is 2.43. The van der Waals surface area contributed by atoms with Gasteiger partial charge in [-0.25, -0.2) is 4.98 Å². The van der Waals surface area contributed by atoms with Gasteiger partial charge in [-0.05, 0) is 43.0 Å². The van der Waals surface area contributed by atoms with Crippen LogP contribution in [0.25, 0.3) is 0 Å². The summed E-state index contributed by atoms with van der Waals surface area (Å²) in [5.74, 6) is 0.287. The number of aryl methyl sites for hydroxylation is 1. The summed E-state index contributed by atoms with van der Waals surface area (Å²) in [5.41, 5.74) is 8.04. The Morgan fingerprint density at radius 3 is 3.00 bits per heavy atom. The predicted molar refractivity (Wildman–Crippen MR) is 77.8 cm³/mol. The van der Waals surface area contributed by atoms with E-state index in [1.54, 1.807) is 11.3 Å². The van der Waals surface area contributed by atoms with E-state index in [-0.39, 0.29) is 5.92 Å². The van der Waals surface area contributed by atoms with Crippen LogP contribution >= 0.6 is 34.5 Å². The van der Waals surface area contributed by atoms with Crippen molar-refractivity contribution < 1.29 is 0 Å². The first kappa shape index (κ1) is 12.3. The summed E-state index contributed by atoms with van der Waals surface area (Å²) in [4.78, 5) is 5.65. The highest BCUT2D eigenvalue weighted by Gasteiger charge is 2.27. The van der Waals surface area contributed by atoms with E-state index in [4.69, 9.17) is 28.9 Å². The van der Waals surface area contributed by atoms with Crippen molar-refractivity contribution in [3.63, 3.8) is 0 Å². The molecule has 18 heavy (non-hydrogen) atoms. The van der Waals surface area contributed by atoms with E-state index in [9.17, 15) is 0 Å². The largest absolute Gasteiger partial charge is 0.375 e. The first-order valence-corrected chi connectivity index (χ1v) is 7.42. The number of nitrogens with zero attached hydrogens (tertiary/aromatic N) is 1. The van der Waals surface area contributed by atoms with Crippen LogP contribution in [0.3, 0.4) is 0 Å². The van der Waals surface area contributed by atoms with Crippen molar-refractivity contribution in [1.82, 2.24) is 4.98 Å². The summed E-state index contributed by atoms with van der Waals surface area (Å²) >= 11 is 13.9. The lowest BCUT2D eigenvalue weighted by atomic mass is 9.86. The Morgan fingerprint density at radius 2 is 2.17 bits per heavy atom. The molecule has 2 N–H and O–H groups in total. The Morgan fingerprint density at radius 1 is 1.33 bits per heavy atom. The second kappa shape index (κ2) is 4.72. The smallest absolute Gasteiger partial charge is 0.180 e. The normalized spacial score (nSPS) is 18.7. The van der Waals surface area contributed by atoms with Gasteiger partial charge in [0.2, 0.25) is 0 Å². The van der Waals surface area contributed by atoms with E-state index < -0.39 is 0 Å². The molecule has 1 aliphatic rings. The Kier molecular flexibility index (Phi) is 3.22. The predicted octanol–water partition coefficient (Wildman–Crippen LogP) is 4.50. The first-order valence-electron chi connectivity index (χ1n) is 5.85. The first-order chi connectivity index (χ1) is 8.65. The lowest BCUT2D eigenvalue weighted by Crippen LogP contribution is -2.09. The molecule has 1 unspecified atom stereocenters. The zero-order chi connectivity index (χ0) is 12.7. The number of halogens is 2. The molecule has 1 atom stereocenters. The van der Waals surface area contributed by atoms with Crippen LogP contribution in [0, 0.1) is 0 Å². The lowest BCUT2D eigenvalue weighted by molar-refractivity contribution is 0.617. The van der Waals surface area contributed by atoms with Gasteiger partial charge >= 0.3 is 0 Å².